The first-order valence-corrected chi connectivity index (χ1v) is 5.68. The molecule has 1 N–H and O–H groups in total. The number of anilines is 1. The molecule has 2 rings (SSSR count). The predicted molar refractivity (Wildman–Crippen MR) is 64.9 cm³/mol. The summed E-state index contributed by atoms with van der Waals surface area (Å²) in [5, 5.41) is 9.66. The SMILES string of the molecule is CNc1nc(-c2cc(C)nn(C)c2=O)cs1. The Morgan fingerprint density at radius 2 is 2.25 bits per heavy atom. The second-order valence-electron chi connectivity index (χ2n) is 3.42. The summed E-state index contributed by atoms with van der Waals surface area (Å²) >= 11 is 1.47. The van der Waals surface area contributed by atoms with Crippen LogP contribution >= 0.6 is 11.3 Å². The van der Waals surface area contributed by atoms with Crippen LogP contribution in [0, 0.1) is 6.92 Å². The smallest absolute Gasteiger partial charge is 0.275 e. The fourth-order valence-electron chi connectivity index (χ4n) is 1.45. The zero-order chi connectivity index (χ0) is 11.7. The van der Waals surface area contributed by atoms with Gasteiger partial charge in [-0.15, -0.1) is 11.3 Å². The van der Waals surface area contributed by atoms with Crippen molar-refractivity contribution in [2.45, 2.75) is 6.92 Å². The number of rotatable bonds is 2. The van der Waals surface area contributed by atoms with Crippen LogP contribution in [0.4, 0.5) is 5.13 Å². The van der Waals surface area contributed by atoms with Crippen LogP contribution in [0.3, 0.4) is 0 Å². The molecule has 0 amide bonds. The topological polar surface area (TPSA) is 59.8 Å². The minimum atomic E-state index is -0.126. The van der Waals surface area contributed by atoms with Gasteiger partial charge in [-0.1, -0.05) is 0 Å². The molecule has 16 heavy (non-hydrogen) atoms. The summed E-state index contributed by atoms with van der Waals surface area (Å²) in [6.07, 6.45) is 0. The summed E-state index contributed by atoms with van der Waals surface area (Å²) in [6, 6.07) is 1.76. The average Bonchev–Trinajstić information content (AvgIpc) is 2.71. The Bertz CT molecular complexity index is 572. The number of hydrogen-bond donors (Lipinski definition) is 1. The van der Waals surface area contributed by atoms with E-state index in [4.69, 9.17) is 0 Å². The summed E-state index contributed by atoms with van der Waals surface area (Å²) in [6.45, 7) is 1.86. The van der Waals surface area contributed by atoms with Gasteiger partial charge in [-0.3, -0.25) is 4.79 Å². The van der Waals surface area contributed by atoms with Crippen LogP contribution in [0.1, 0.15) is 5.69 Å². The third-order valence-corrected chi connectivity index (χ3v) is 3.04. The number of thiazole rings is 1. The van der Waals surface area contributed by atoms with E-state index in [1.165, 1.54) is 16.0 Å². The molecule has 0 fully saturated rings. The van der Waals surface area contributed by atoms with E-state index in [9.17, 15) is 4.79 Å². The molecular formula is C10H12N4OS. The fourth-order valence-corrected chi connectivity index (χ4v) is 2.12. The molecule has 0 aliphatic carbocycles. The van der Waals surface area contributed by atoms with Gasteiger partial charge in [-0.2, -0.15) is 5.10 Å². The van der Waals surface area contributed by atoms with Crippen molar-refractivity contribution in [1.29, 1.82) is 0 Å². The molecule has 0 aromatic carbocycles. The maximum absolute atomic E-state index is 11.9. The van der Waals surface area contributed by atoms with Gasteiger partial charge in [0.15, 0.2) is 5.13 Å². The van der Waals surface area contributed by atoms with Gasteiger partial charge in [-0.05, 0) is 13.0 Å². The molecule has 0 bridgehead atoms. The minimum Gasteiger partial charge on any atom is -0.365 e. The van der Waals surface area contributed by atoms with Crippen molar-refractivity contribution in [2.24, 2.45) is 7.05 Å². The Labute approximate surface area is 96.8 Å². The lowest BCUT2D eigenvalue weighted by molar-refractivity contribution is 0.694. The Balaban J connectivity index is 2.59. The van der Waals surface area contributed by atoms with Crippen molar-refractivity contribution < 1.29 is 0 Å². The number of aromatic nitrogens is 3. The lowest BCUT2D eigenvalue weighted by Gasteiger charge is -2.01. The monoisotopic (exact) mass is 236 g/mol. The molecule has 0 saturated heterocycles. The van der Waals surface area contributed by atoms with Crippen LogP contribution < -0.4 is 10.9 Å². The van der Waals surface area contributed by atoms with Gasteiger partial charge >= 0.3 is 0 Å². The minimum absolute atomic E-state index is 0.126. The van der Waals surface area contributed by atoms with Crippen molar-refractivity contribution >= 4 is 16.5 Å². The Morgan fingerprint density at radius 3 is 2.88 bits per heavy atom. The molecule has 84 valence electrons. The summed E-state index contributed by atoms with van der Waals surface area (Å²) in [5.74, 6) is 0. The number of nitrogens with one attached hydrogen (secondary N) is 1. The van der Waals surface area contributed by atoms with Crippen LogP contribution in [-0.4, -0.2) is 21.8 Å². The number of nitrogens with zero attached hydrogens (tertiary/aromatic N) is 3. The largest absolute Gasteiger partial charge is 0.365 e. The number of hydrogen-bond acceptors (Lipinski definition) is 5. The van der Waals surface area contributed by atoms with Gasteiger partial charge < -0.3 is 5.32 Å². The van der Waals surface area contributed by atoms with Crippen LogP contribution in [0.15, 0.2) is 16.2 Å². The molecule has 5 nitrogen and oxygen atoms in total. The quantitative estimate of drug-likeness (QED) is 0.852. The molecule has 2 heterocycles. The molecule has 0 aliphatic rings. The van der Waals surface area contributed by atoms with Gasteiger partial charge in [0, 0.05) is 19.5 Å². The summed E-state index contributed by atoms with van der Waals surface area (Å²) in [4.78, 5) is 16.2. The van der Waals surface area contributed by atoms with Crippen LogP contribution in [0.2, 0.25) is 0 Å². The first-order chi connectivity index (χ1) is 7.61. The van der Waals surface area contributed by atoms with E-state index < -0.39 is 0 Å². The first-order valence-electron chi connectivity index (χ1n) is 4.80. The molecule has 0 atom stereocenters. The van der Waals surface area contributed by atoms with Crippen molar-refractivity contribution in [1.82, 2.24) is 14.8 Å². The van der Waals surface area contributed by atoms with E-state index in [1.54, 1.807) is 20.2 Å². The van der Waals surface area contributed by atoms with E-state index in [2.05, 4.69) is 15.4 Å². The third-order valence-electron chi connectivity index (χ3n) is 2.18. The molecule has 0 spiro atoms. The summed E-state index contributed by atoms with van der Waals surface area (Å²) in [7, 11) is 3.45. The van der Waals surface area contributed by atoms with Crippen molar-refractivity contribution in [3.63, 3.8) is 0 Å². The van der Waals surface area contributed by atoms with E-state index in [-0.39, 0.29) is 5.56 Å². The summed E-state index contributed by atoms with van der Waals surface area (Å²) < 4.78 is 1.34. The Morgan fingerprint density at radius 1 is 1.50 bits per heavy atom. The molecule has 0 aliphatic heterocycles. The van der Waals surface area contributed by atoms with Crippen LogP contribution in [0.5, 0.6) is 0 Å². The Kier molecular flexibility index (Phi) is 2.74. The second kappa shape index (κ2) is 4.05. The lowest BCUT2D eigenvalue weighted by Crippen LogP contribution is -2.21. The van der Waals surface area contributed by atoms with E-state index >= 15 is 0 Å². The van der Waals surface area contributed by atoms with E-state index in [0.29, 0.717) is 11.3 Å². The van der Waals surface area contributed by atoms with Gasteiger partial charge in [0.05, 0.1) is 17.0 Å². The van der Waals surface area contributed by atoms with Crippen molar-refractivity contribution in [2.75, 3.05) is 12.4 Å². The predicted octanol–water partition coefficient (Wildman–Crippen LogP) is 1.25. The molecule has 6 heteroatoms. The zero-order valence-corrected chi connectivity index (χ0v) is 10.1. The molecule has 0 unspecified atom stereocenters. The maximum atomic E-state index is 11.9. The maximum Gasteiger partial charge on any atom is 0.275 e. The van der Waals surface area contributed by atoms with Crippen LogP contribution in [-0.2, 0) is 7.05 Å². The zero-order valence-electron chi connectivity index (χ0n) is 9.31. The first kappa shape index (κ1) is 10.8. The van der Waals surface area contributed by atoms with Crippen molar-refractivity contribution in [3.05, 3.63) is 27.5 Å². The highest BCUT2D eigenvalue weighted by Crippen LogP contribution is 2.22. The number of aryl methyl sites for hydroxylation is 2. The van der Waals surface area contributed by atoms with Crippen LogP contribution in [0.25, 0.3) is 11.3 Å². The molecular weight excluding hydrogens is 224 g/mol. The Hall–Kier alpha value is -1.69. The highest BCUT2D eigenvalue weighted by molar-refractivity contribution is 7.14. The normalized spacial score (nSPS) is 10.4. The standard InChI is InChI=1S/C10H12N4OS/c1-6-4-7(9(15)14(3)13-6)8-5-16-10(11-2)12-8/h4-5H,1-3H3,(H,11,12). The van der Waals surface area contributed by atoms with Gasteiger partial charge in [-0.25, -0.2) is 9.67 Å². The van der Waals surface area contributed by atoms with Gasteiger partial charge in [0.2, 0.25) is 0 Å². The highest BCUT2D eigenvalue weighted by Gasteiger charge is 2.10. The van der Waals surface area contributed by atoms with E-state index in [1.807, 2.05) is 12.3 Å². The van der Waals surface area contributed by atoms with Gasteiger partial charge in [0.25, 0.3) is 5.56 Å². The highest BCUT2D eigenvalue weighted by atomic mass is 32.1. The molecule has 2 aromatic rings. The lowest BCUT2D eigenvalue weighted by atomic mass is 10.2. The average molecular weight is 236 g/mol. The van der Waals surface area contributed by atoms with E-state index in [0.717, 1.165) is 10.8 Å². The third kappa shape index (κ3) is 1.83. The van der Waals surface area contributed by atoms with Crippen molar-refractivity contribution in [3.8, 4) is 11.3 Å². The fraction of sp³-hybridized carbons (Fsp3) is 0.300. The molecule has 0 saturated carbocycles. The molecule has 0 radical (unpaired) electrons. The van der Waals surface area contributed by atoms with Gasteiger partial charge in [0.1, 0.15) is 0 Å². The second-order valence-corrected chi connectivity index (χ2v) is 4.27. The molecule has 2 aromatic heterocycles. The summed E-state index contributed by atoms with van der Waals surface area (Å²) in [5.41, 5.74) is 1.96.